The molecule has 2 amide bonds. The maximum atomic E-state index is 14.8. The SMILES string of the molecule is COc1ccc(C(=O)Nc2ccc3c(c2)[C@@]2(O[C@H](CCn4cc(CCO)nn4)[C@@H](C(C)(C)O)[C@@H]2C)C(=O)N3Cc2ccccc2)cc1. The highest BCUT2D eigenvalue weighted by atomic mass is 16.5. The Morgan fingerprint density at radius 3 is 2.53 bits per heavy atom. The van der Waals surface area contributed by atoms with E-state index >= 15 is 0 Å². The van der Waals surface area contributed by atoms with E-state index in [2.05, 4.69) is 15.6 Å². The lowest BCUT2D eigenvalue weighted by Crippen LogP contribution is -2.46. The van der Waals surface area contributed by atoms with Crippen molar-refractivity contribution in [2.24, 2.45) is 11.8 Å². The zero-order valence-corrected chi connectivity index (χ0v) is 27.1. The lowest BCUT2D eigenvalue weighted by Gasteiger charge is -2.34. The van der Waals surface area contributed by atoms with Crippen LogP contribution in [0.25, 0.3) is 0 Å². The monoisotopic (exact) mass is 639 g/mol. The fourth-order valence-electron chi connectivity index (χ4n) is 7.23. The number of aryl methyl sites for hydroxylation is 1. The summed E-state index contributed by atoms with van der Waals surface area (Å²) in [6.45, 7) is 6.25. The van der Waals surface area contributed by atoms with Crippen molar-refractivity contribution < 1.29 is 29.3 Å². The molecule has 3 aromatic carbocycles. The van der Waals surface area contributed by atoms with E-state index in [0.717, 1.165) is 5.56 Å². The topological polar surface area (TPSA) is 139 Å². The summed E-state index contributed by atoms with van der Waals surface area (Å²) in [5.74, 6) is -0.684. The third-order valence-electron chi connectivity index (χ3n) is 9.37. The van der Waals surface area contributed by atoms with Gasteiger partial charge in [-0.05, 0) is 68.3 Å². The van der Waals surface area contributed by atoms with Crippen LogP contribution in [0.5, 0.6) is 5.75 Å². The van der Waals surface area contributed by atoms with Crippen molar-refractivity contribution in [3.8, 4) is 5.75 Å². The highest BCUT2D eigenvalue weighted by molar-refractivity contribution is 6.09. The third-order valence-corrected chi connectivity index (χ3v) is 9.37. The number of benzene rings is 3. The molecule has 3 heterocycles. The molecule has 1 aromatic heterocycles. The van der Waals surface area contributed by atoms with Gasteiger partial charge in [0, 0.05) is 54.4 Å². The van der Waals surface area contributed by atoms with Crippen LogP contribution in [0.4, 0.5) is 11.4 Å². The fraction of sp³-hybridized carbons (Fsp3) is 0.389. The molecule has 0 unspecified atom stereocenters. The summed E-state index contributed by atoms with van der Waals surface area (Å²) in [4.78, 5) is 29.7. The number of carbonyl (C=O) groups is 2. The number of fused-ring (bicyclic) bond motifs is 2. The number of hydrogen-bond acceptors (Lipinski definition) is 8. The fourth-order valence-corrected chi connectivity index (χ4v) is 7.23. The van der Waals surface area contributed by atoms with Crippen molar-refractivity contribution in [2.75, 3.05) is 23.9 Å². The standard InChI is InChI=1S/C36H41N5O6/c1-23-32(35(2,3)45)31(16-18-40-22-27(17-19-42)38-39-40)47-36(23)29-20-26(37-33(43)25-10-13-28(46-4)14-11-25)12-15-30(29)41(34(36)44)21-24-8-6-5-7-9-24/h5-15,20,22-23,31-32,42,45H,16-19,21H2,1-4H3,(H,37,43)/t23-,31+,32-,36+/m0/s1. The lowest BCUT2D eigenvalue weighted by atomic mass is 9.71. The Hall–Kier alpha value is -4.58. The van der Waals surface area contributed by atoms with Gasteiger partial charge in [0.2, 0.25) is 0 Å². The molecule has 1 saturated heterocycles. The third kappa shape index (κ3) is 6.14. The largest absolute Gasteiger partial charge is 0.497 e. The van der Waals surface area contributed by atoms with Crippen molar-refractivity contribution >= 4 is 23.2 Å². The molecular weight excluding hydrogens is 598 g/mol. The summed E-state index contributed by atoms with van der Waals surface area (Å²) >= 11 is 0. The first-order valence-corrected chi connectivity index (χ1v) is 15.9. The Morgan fingerprint density at radius 1 is 1.11 bits per heavy atom. The first kappa shape index (κ1) is 32.4. The van der Waals surface area contributed by atoms with E-state index in [1.807, 2.05) is 49.4 Å². The average Bonchev–Trinajstić information content (AvgIpc) is 3.70. The number of nitrogens with one attached hydrogen (secondary N) is 1. The molecular formula is C36H41N5O6. The minimum Gasteiger partial charge on any atom is -0.497 e. The van der Waals surface area contributed by atoms with Gasteiger partial charge in [0.1, 0.15) is 5.75 Å². The normalized spacial score (nSPS) is 22.1. The van der Waals surface area contributed by atoms with Gasteiger partial charge in [0.15, 0.2) is 5.60 Å². The van der Waals surface area contributed by atoms with Crippen molar-refractivity contribution in [2.45, 2.75) is 64.0 Å². The molecule has 47 heavy (non-hydrogen) atoms. The number of methoxy groups -OCH3 is 1. The van der Waals surface area contributed by atoms with Crippen molar-refractivity contribution in [3.63, 3.8) is 0 Å². The van der Waals surface area contributed by atoms with Gasteiger partial charge in [0.25, 0.3) is 11.8 Å². The van der Waals surface area contributed by atoms with Crippen LogP contribution in [0.15, 0.2) is 79.0 Å². The summed E-state index contributed by atoms with van der Waals surface area (Å²) in [5, 5.41) is 32.1. The number of aromatic nitrogens is 3. The van der Waals surface area contributed by atoms with Gasteiger partial charge in [-0.3, -0.25) is 14.3 Å². The van der Waals surface area contributed by atoms with Gasteiger partial charge < -0.3 is 29.9 Å². The number of amides is 2. The summed E-state index contributed by atoms with van der Waals surface area (Å²) in [6, 6.07) is 22.1. The first-order valence-electron chi connectivity index (χ1n) is 15.9. The minimum atomic E-state index is -1.40. The first-order chi connectivity index (χ1) is 22.5. The number of carbonyl (C=O) groups excluding carboxylic acids is 2. The van der Waals surface area contributed by atoms with Crippen molar-refractivity contribution in [1.29, 1.82) is 0 Å². The molecule has 0 radical (unpaired) electrons. The second-order valence-electron chi connectivity index (χ2n) is 12.9. The van der Waals surface area contributed by atoms with Crippen LogP contribution < -0.4 is 15.0 Å². The Morgan fingerprint density at radius 2 is 1.85 bits per heavy atom. The predicted octanol–water partition coefficient (Wildman–Crippen LogP) is 4.33. The molecule has 0 aliphatic carbocycles. The zero-order chi connectivity index (χ0) is 33.3. The highest BCUT2D eigenvalue weighted by Gasteiger charge is 2.65. The molecule has 1 spiro atoms. The van der Waals surface area contributed by atoms with E-state index in [9.17, 15) is 19.8 Å². The van der Waals surface area contributed by atoms with Crippen LogP contribution >= 0.6 is 0 Å². The minimum absolute atomic E-state index is 0.0191. The Bertz CT molecular complexity index is 1730. The Labute approximate surface area is 274 Å². The second kappa shape index (κ2) is 12.9. The highest BCUT2D eigenvalue weighted by Crippen LogP contribution is 2.58. The van der Waals surface area contributed by atoms with Crippen LogP contribution in [-0.2, 0) is 34.6 Å². The van der Waals surface area contributed by atoms with E-state index in [1.54, 1.807) is 67.1 Å². The molecule has 2 aliphatic heterocycles. The number of aliphatic hydroxyl groups excluding tert-OH is 1. The van der Waals surface area contributed by atoms with Crippen LogP contribution in [0, 0.1) is 11.8 Å². The number of anilines is 2. The zero-order valence-electron chi connectivity index (χ0n) is 27.1. The molecule has 1 fully saturated rings. The van der Waals surface area contributed by atoms with E-state index in [4.69, 9.17) is 9.47 Å². The van der Waals surface area contributed by atoms with Gasteiger partial charge in [-0.2, -0.15) is 0 Å². The van der Waals surface area contributed by atoms with Crippen molar-refractivity contribution in [1.82, 2.24) is 15.0 Å². The van der Waals surface area contributed by atoms with E-state index in [0.29, 0.717) is 59.9 Å². The Balaban J connectivity index is 1.37. The van der Waals surface area contributed by atoms with Gasteiger partial charge in [-0.1, -0.05) is 42.5 Å². The number of nitrogens with zero attached hydrogens (tertiary/aromatic N) is 4. The number of hydrogen-bond donors (Lipinski definition) is 3. The summed E-state index contributed by atoms with van der Waals surface area (Å²) in [7, 11) is 1.57. The molecule has 0 saturated carbocycles. The predicted molar refractivity (Wildman–Crippen MR) is 176 cm³/mol. The maximum Gasteiger partial charge on any atom is 0.264 e. The second-order valence-corrected chi connectivity index (χ2v) is 12.9. The van der Waals surface area contributed by atoms with Crippen LogP contribution in [0.2, 0.25) is 0 Å². The molecule has 11 heteroatoms. The molecule has 4 atom stereocenters. The van der Waals surface area contributed by atoms with Crippen LogP contribution in [0.1, 0.15) is 54.4 Å². The molecule has 3 N–H and O–H groups in total. The molecule has 246 valence electrons. The van der Waals surface area contributed by atoms with Gasteiger partial charge >= 0.3 is 0 Å². The van der Waals surface area contributed by atoms with Gasteiger partial charge in [0.05, 0.1) is 36.7 Å². The molecule has 11 nitrogen and oxygen atoms in total. The summed E-state index contributed by atoms with van der Waals surface area (Å²) < 4.78 is 13.9. The van der Waals surface area contributed by atoms with E-state index in [-0.39, 0.29) is 18.4 Å². The number of ether oxygens (including phenoxy) is 2. The quantitative estimate of drug-likeness (QED) is 0.221. The lowest BCUT2D eigenvalue weighted by molar-refractivity contribution is -0.146. The van der Waals surface area contributed by atoms with Gasteiger partial charge in [-0.25, -0.2) is 0 Å². The smallest absolute Gasteiger partial charge is 0.264 e. The maximum absolute atomic E-state index is 14.8. The Kier molecular flexibility index (Phi) is 8.88. The number of rotatable bonds is 11. The summed E-state index contributed by atoms with van der Waals surface area (Å²) in [6.07, 6.45) is 2.17. The van der Waals surface area contributed by atoms with Crippen molar-refractivity contribution in [3.05, 3.63) is 101 Å². The molecule has 4 aromatic rings. The molecule has 6 rings (SSSR count). The van der Waals surface area contributed by atoms with Crippen LogP contribution in [0.3, 0.4) is 0 Å². The molecule has 2 aliphatic rings. The molecule has 0 bridgehead atoms. The number of aliphatic hydroxyl groups is 2. The summed E-state index contributed by atoms with van der Waals surface area (Å²) in [5.41, 5.74) is 1.42. The van der Waals surface area contributed by atoms with E-state index in [1.165, 1.54) is 0 Å². The average molecular weight is 640 g/mol. The van der Waals surface area contributed by atoms with E-state index < -0.39 is 29.1 Å². The van der Waals surface area contributed by atoms with Crippen LogP contribution in [-0.4, -0.2) is 62.4 Å². The van der Waals surface area contributed by atoms with Gasteiger partial charge in [-0.15, -0.1) is 5.10 Å².